The predicted octanol–water partition coefficient (Wildman–Crippen LogP) is 0.167. The Balaban J connectivity index is 4.12. The maximum absolute atomic E-state index is 11.6. The Bertz CT molecular complexity index is 191. The van der Waals surface area contributed by atoms with E-state index in [-0.39, 0.29) is 12.5 Å². The van der Waals surface area contributed by atoms with Crippen molar-refractivity contribution in [2.75, 3.05) is 34.3 Å². The van der Waals surface area contributed by atoms with Crippen molar-refractivity contribution in [3.63, 3.8) is 0 Å². The van der Waals surface area contributed by atoms with Gasteiger partial charge in [0, 0.05) is 20.0 Å². The zero-order chi connectivity index (χ0) is 11.4. The molecule has 0 rings (SSSR count). The van der Waals surface area contributed by atoms with E-state index in [1.807, 2.05) is 32.8 Å². The third-order valence-corrected chi connectivity index (χ3v) is 2.44. The molecule has 0 spiro atoms. The first-order valence-corrected chi connectivity index (χ1v) is 4.83. The standard InChI is InChI=1S/C10H22N2O2/c1-10(2,8-13)12(5)9(14)6-7-11(3)4/h13H,6-8H2,1-5H3. The number of hydrogen-bond donors (Lipinski definition) is 1. The molecule has 4 nitrogen and oxygen atoms in total. The second-order valence-corrected chi connectivity index (χ2v) is 4.48. The third kappa shape index (κ3) is 4.07. The topological polar surface area (TPSA) is 43.8 Å². The molecular weight excluding hydrogens is 180 g/mol. The van der Waals surface area contributed by atoms with E-state index in [1.165, 1.54) is 0 Å². The Morgan fingerprint density at radius 3 is 2.14 bits per heavy atom. The second kappa shape index (κ2) is 5.32. The number of amides is 1. The number of hydrogen-bond acceptors (Lipinski definition) is 3. The molecule has 0 radical (unpaired) electrons. The summed E-state index contributed by atoms with van der Waals surface area (Å²) in [5.74, 6) is 0.0674. The van der Waals surface area contributed by atoms with Crippen molar-refractivity contribution in [2.45, 2.75) is 25.8 Å². The molecule has 0 saturated heterocycles. The van der Waals surface area contributed by atoms with Crippen LogP contribution in [0.2, 0.25) is 0 Å². The monoisotopic (exact) mass is 202 g/mol. The quantitative estimate of drug-likeness (QED) is 0.691. The van der Waals surface area contributed by atoms with Gasteiger partial charge in [0.1, 0.15) is 0 Å². The molecular formula is C10H22N2O2. The highest BCUT2D eigenvalue weighted by molar-refractivity contribution is 5.76. The van der Waals surface area contributed by atoms with E-state index in [9.17, 15) is 4.79 Å². The molecule has 0 aliphatic rings. The fraction of sp³-hybridized carbons (Fsp3) is 0.900. The summed E-state index contributed by atoms with van der Waals surface area (Å²) in [5, 5.41) is 9.09. The smallest absolute Gasteiger partial charge is 0.224 e. The van der Waals surface area contributed by atoms with Crippen molar-refractivity contribution in [1.82, 2.24) is 9.80 Å². The maximum Gasteiger partial charge on any atom is 0.224 e. The van der Waals surface area contributed by atoms with Gasteiger partial charge in [0.05, 0.1) is 12.1 Å². The lowest BCUT2D eigenvalue weighted by atomic mass is 10.0. The molecule has 84 valence electrons. The lowest BCUT2D eigenvalue weighted by Crippen LogP contribution is -2.48. The van der Waals surface area contributed by atoms with E-state index in [0.29, 0.717) is 6.42 Å². The molecule has 0 atom stereocenters. The molecule has 14 heavy (non-hydrogen) atoms. The van der Waals surface area contributed by atoms with Crippen LogP contribution in [-0.2, 0) is 4.79 Å². The van der Waals surface area contributed by atoms with Gasteiger partial charge in [-0.3, -0.25) is 4.79 Å². The number of carbonyl (C=O) groups excluding carboxylic acids is 1. The van der Waals surface area contributed by atoms with Crippen LogP contribution in [-0.4, -0.2) is 60.6 Å². The van der Waals surface area contributed by atoms with E-state index < -0.39 is 5.54 Å². The van der Waals surface area contributed by atoms with Crippen LogP contribution in [0.1, 0.15) is 20.3 Å². The summed E-state index contributed by atoms with van der Waals surface area (Å²) in [6.07, 6.45) is 0.493. The Labute approximate surface area is 86.5 Å². The van der Waals surface area contributed by atoms with Gasteiger partial charge in [-0.15, -0.1) is 0 Å². The number of aliphatic hydroxyl groups is 1. The first kappa shape index (κ1) is 13.4. The number of nitrogens with zero attached hydrogens (tertiary/aromatic N) is 2. The van der Waals surface area contributed by atoms with Gasteiger partial charge in [-0.2, -0.15) is 0 Å². The summed E-state index contributed by atoms with van der Waals surface area (Å²) in [6.45, 7) is 4.42. The molecule has 0 aromatic rings. The number of aliphatic hydroxyl groups excluding tert-OH is 1. The minimum Gasteiger partial charge on any atom is -0.394 e. The molecule has 0 unspecified atom stereocenters. The van der Waals surface area contributed by atoms with Crippen LogP contribution in [0.4, 0.5) is 0 Å². The van der Waals surface area contributed by atoms with E-state index in [0.717, 1.165) is 6.54 Å². The number of likely N-dealkylation sites (N-methyl/N-ethyl adjacent to an activating group) is 1. The SMILES string of the molecule is CN(C)CCC(=O)N(C)C(C)(C)CO. The van der Waals surface area contributed by atoms with Gasteiger partial charge >= 0.3 is 0 Å². The lowest BCUT2D eigenvalue weighted by Gasteiger charge is -2.34. The molecule has 0 heterocycles. The highest BCUT2D eigenvalue weighted by atomic mass is 16.3. The van der Waals surface area contributed by atoms with Gasteiger partial charge in [-0.25, -0.2) is 0 Å². The zero-order valence-electron chi connectivity index (χ0n) is 9.87. The fourth-order valence-corrected chi connectivity index (χ4v) is 0.931. The van der Waals surface area contributed by atoms with Crippen LogP contribution in [0.15, 0.2) is 0 Å². The van der Waals surface area contributed by atoms with Gasteiger partial charge in [-0.1, -0.05) is 0 Å². The minimum absolute atomic E-state index is 0.0167. The zero-order valence-corrected chi connectivity index (χ0v) is 9.87. The molecule has 0 aromatic carbocycles. The average molecular weight is 202 g/mol. The van der Waals surface area contributed by atoms with Gasteiger partial charge in [0.25, 0.3) is 0 Å². The summed E-state index contributed by atoms with van der Waals surface area (Å²) in [7, 11) is 5.60. The molecule has 0 bridgehead atoms. The Kier molecular flexibility index (Phi) is 5.08. The van der Waals surface area contributed by atoms with E-state index in [4.69, 9.17) is 5.11 Å². The van der Waals surface area contributed by atoms with E-state index >= 15 is 0 Å². The summed E-state index contributed by atoms with van der Waals surface area (Å²) < 4.78 is 0. The minimum atomic E-state index is -0.469. The number of carbonyl (C=O) groups is 1. The molecule has 0 fully saturated rings. The van der Waals surface area contributed by atoms with E-state index in [1.54, 1.807) is 11.9 Å². The van der Waals surface area contributed by atoms with Crippen LogP contribution in [0, 0.1) is 0 Å². The Hall–Kier alpha value is -0.610. The summed E-state index contributed by atoms with van der Waals surface area (Å²) in [4.78, 5) is 15.2. The van der Waals surface area contributed by atoms with Crippen molar-refractivity contribution in [3.8, 4) is 0 Å². The summed E-state index contributed by atoms with van der Waals surface area (Å²) in [5.41, 5.74) is -0.469. The third-order valence-electron chi connectivity index (χ3n) is 2.44. The average Bonchev–Trinajstić information content (AvgIpc) is 2.12. The highest BCUT2D eigenvalue weighted by Gasteiger charge is 2.26. The van der Waals surface area contributed by atoms with Crippen molar-refractivity contribution < 1.29 is 9.90 Å². The van der Waals surface area contributed by atoms with Crippen LogP contribution in [0.3, 0.4) is 0 Å². The maximum atomic E-state index is 11.6. The first-order chi connectivity index (χ1) is 6.31. The van der Waals surface area contributed by atoms with Crippen LogP contribution >= 0.6 is 0 Å². The van der Waals surface area contributed by atoms with Crippen molar-refractivity contribution in [3.05, 3.63) is 0 Å². The Morgan fingerprint density at radius 1 is 1.29 bits per heavy atom. The normalized spacial score (nSPS) is 11.9. The lowest BCUT2D eigenvalue weighted by molar-refractivity contribution is -0.136. The van der Waals surface area contributed by atoms with Gasteiger partial charge in [0.2, 0.25) is 5.91 Å². The van der Waals surface area contributed by atoms with Crippen molar-refractivity contribution >= 4 is 5.91 Å². The molecule has 0 saturated carbocycles. The molecule has 1 amide bonds. The molecule has 0 aromatic heterocycles. The van der Waals surface area contributed by atoms with E-state index in [2.05, 4.69) is 0 Å². The molecule has 4 heteroatoms. The number of rotatable bonds is 5. The second-order valence-electron chi connectivity index (χ2n) is 4.48. The molecule has 0 aliphatic carbocycles. The van der Waals surface area contributed by atoms with Gasteiger partial charge < -0.3 is 14.9 Å². The van der Waals surface area contributed by atoms with Gasteiger partial charge in [0.15, 0.2) is 0 Å². The Morgan fingerprint density at radius 2 is 1.79 bits per heavy atom. The van der Waals surface area contributed by atoms with Gasteiger partial charge in [-0.05, 0) is 27.9 Å². The largest absolute Gasteiger partial charge is 0.394 e. The summed E-state index contributed by atoms with van der Waals surface area (Å²) >= 11 is 0. The fourth-order valence-electron chi connectivity index (χ4n) is 0.931. The van der Waals surface area contributed by atoms with Crippen LogP contribution in [0.5, 0.6) is 0 Å². The molecule has 0 aliphatic heterocycles. The molecule has 1 N–H and O–H groups in total. The van der Waals surface area contributed by atoms with Crippen molar-refractivity contribution in [1.29, 1.82) is 0 Å². The van der Waals surface area contributed by atoms with Crippen molar-refractivity contribution in [2.24, 2.45) is 0 Å². The predicted molar refractivity (Wildman–Crippen MR) is 57.1 cm³/mol. The summed E-state index contributed by atoms with van der Waals surface area (Å²) in [6, 6.07) is 0. The first-order valence-electron chi connectivity index (χ1n) is 4.83. The highest BCUT2D eigenvalue weighted by Crippen LogP contribution is 2.12. The van der Waals surface area contributed by atoms with Crippen LogP contribution < -0.4 is 0 Å². The van der Waals surface area contributed by atoms with Crippen LogP contribution in [0.25, 0.3) is 0 Å².